The summed E-state index contributed by atoms with van der Waals surface area (Å²) in [5.74, 6) is 0.416. The maximum absolute atomic E-state index is 5.48. The van der Waals surface area contributed by atoms with Crippen molar-refractivity contribution in [2.24, 2.45) is 11.7 Å². The first-order valence-electron chi connectivity index (χ1n) is 4.59. The molecule has 0 saturated carbocycles. The van der Waals surface area contributed by atoms with Gasteiger partial charge in [0.15, 0.2) is 6.29 Å². The molecule has 3 nitrogen and oxygen atoms in total. The van der Waals surface area contributed by atoms with Gasteiger partial charge in [0, 0.05) is 7.11 Å². The topological polar surface area (TPSA) is 44.5 Å². The van der Waals surface area contributed by atoms with Crippen molar-refractivity contribution in [3.05, 3.63) is 0 Å². The summed E-state index contributed by atoms with van der Waals surface area (Å²) in [6, 6.07) is 0. The Kier molecular flexibility index (Phi) is 7.45. The van der Waals surface area contributed by atoms with Crippen LogP contribution in [-0.2, 0) is 9.47 Å². The average molecular weight is 175 g/mol. The fourth-order valence-corrected chi connectivity index (χ4v) is 0.845. The summed E-state index contributed by atoms with van der Waals surface area (Å²) in [7, 11) is 1.67. The Bertz CT molecular complexity index is 98.5. The highest BCUT2D eigenvalue weighted by Gasteiger charge is 2.07. The second kappa shape index (κ2) is 7.53. The van der Waals surface area contributed by atoms with Crippen LogP contribution in [0.25, 0.3) is 0 Å². The van der Waals surface area contributed by atoms with E-state index in [1.54, 1.807) is 7.11 Å². The number of ether oxygens (including phenoxy) is 2. The smallest absolute Gasteiger partial charge is 0.157 e. The molecular weight excluding hydrogens is 154 g/mol. The predicted octanol–water partition coefficient (Wildman–Crippen LogP) is 1.37. The van der Waals surface area contributed by atoms with Crippen LogP contribution >= 0.6 is 0 Å². The summed E-state index contributed by atoms with van der Waals surface area (Å²) in [6.45, 7) is 5.54. The monoisotopic (exact) mass is 175 g/mol. The highest BCUT2D eigenvalue weighted by Crippen LogP contribution is 2.04. The molecule has 12 heavy (non-hydrogen) atoms. The normalized spacial score (nSPS) is 16.0. The molecule has 0 fully saturated rings. The molecule has 0 saturated heterocycles. The maximum Gasteiger partial charge on any atom is 0.157 e. The Morgan fingerprint density at radius 1 is 1.42 bits per heavy atom. The van der Waals surface area contributed by atoms with Gasteiger partial charge in [-0.2, -0.15) is 0 Å². The summed E-state index contributed by atoms with van der Waals surface area (Å²) in [5, 5.41) is 0. The molecule has 0 amide bonds. The number of rotatable bonds is 7. The lowest BCUT2D eigenvalue weighted by atomic mass is 10.2. The largest absolute Gasteiger partial charge is 0.356 e. The maximum atomic E-state index is 5.48. The Morgan fingerprint density at radius 2 is 2.08 bits per heavy atom. The fourth-order valence-electron chi connectivity index (χ4n) is 0.845. The van der Waals surface area contributed by atoms with E-state index in [2.05, 4.69) is 13.8 Å². The molecular formula is C9H21NO2. The lowest BCUT2D eigenvalue weighted by Crippen LogP contribution is -2.22. The standard InChI is InChI=1S/C9H21NO2/c1-4-5-9(11-3)12-7-8(2)6-10/h8-9H,4-7,10H2,1-3H3. The SMILES string of the molecule is CCCC(OC)OCC(C)CN. The number of methoxy groups -OCH3 is 1. The van der Waals surface area contributed by atoms with Crippen LogP contribution in [0.3, 0.4) is 0 Å². The van der Waals surface area contributed by atoms with Gasteiger partial charge in [-0.3, -0.25) is 0 Å². The van der Waals surface area contributed by atoms with E-state index >= 15 is 0 Å². The second-order valence-corrected chi connectivity index (χ2v) is 3.13. The molecule has 0 aromatic rings. The lowest BCUT2D eigenvalue weighted by molar-refractivity contribution is -0.134. The zero-order valence-corrected chi connectivity index (χ0v) is 8.38. The van der Waals surface area contributed by atoms with Gasteiger partial charge in [0.1, 0.15) is 0 Å². The summed E-state index contributed by atoms with van der Waals surface area (Å²) in [4.78, 5) is 0. The van der Waals surface area contributed by atoms with E-state index in [0.717, 1.165) is 12.8 Å². The quantitative estimate of drug-likeness (QED) is 0.594. The molecule has 2 unspecified atom stereocenters. The summed E-state index contributed by atoms with van der Waals surface area (Å²) >= 11 is 0. The van der Waals surface area contributed by atoms with Crippen molar-refractivity contribution in [1.29, 1.82) is 0 Å². The van der Waals surface area contributed by atoms with Crippen molar-refractivity contribution in [2.75, 3.05) is 20.3 Å². The Morgan fingerprint density at radius 3 is 2.50 bits per heavy atom. The zero-order valence-electron chi connectivity index (χ0n) is 8.38. The van der Waals surface area contributed by atoms with Crippen molar-refractivity contribution in [3.63, 3.8) is 0 Å². The number of nitrogens with two attached hydrogens (primary N) is 1. The Labute approximate surface area is 75.2 Å². The molecule has 0 aliphatic heterocycles. The van der Waals surface area contributed by atoms with Crippen LogP contribution in [-0.4, -0.2) is 26.6 Å². The van der Waals surface area contributed by atoms with Gasteiger partial charge in [0.25, 0.3) is 0 Å². The molecule has 0 heterocycles. The van der Waals surface area contributed by atoms with E-state index in [1.807, 2.05) is 0 Å². The van der Waals surface area contributed by atoms with Gasteiger partial charge in [-0.15, -0.1) is 0 Å². The van der Waals surface area contributed by atoms with Crippen LogP contribution in [0.5, 0.6) is 0 Å². The van der Waals surface area contributed by atoms with Crippen LogP contribution in [0.1, 0.15) is 26.7 Å². The Balaban J connectivity index is 3.43. The van der Waals surface area contributed by atoms with Gasteiger partial charge in [-0.05, 0) is 18.9 Å². The van der Waals surface area contributed by atoms with Gasteiger partial charge >= 0.3 is 0 Å². The predicted molar refractivity (Wildman–Crippen MR) is 49.9 cm³/mol. The molecule has 0 bridgehead atoms. The number of hydrogen-bond donors (Lipinski definition) is 1. The van der Waals surface area contributed by atoms with Crippen molar-refractivity contribution >= 4 is 0 Å². The summed E-state index contributed by atoms with van der Waals surface area (Å²) in [5.41, 5.74) is 5.45. The molecule has 0 spiro atoms. The molecule has 0 radical (unpaired) electrons. The molecule has 0 rings (SSSR count). The van der Waals surface area contributed by atoms with Crippen LogP contribution in [0, 0.1) is 5.92 Å². The van der Waals surface area contributed by atoms with E-state index in [0.29, 0.717) is 19.1 Å². The van der Waals surface area contributed by atoms with Crippen LogP contribution < -0.4 is 5.73 Å². The van der Waals surface area contributed by atoms with Crippen molar-refractivity contribution in [3.8, 4) is 0 Å². The number of hydrogen-bond acceptors (Lipinski definition) is 3. The van der Waals surface area contributed by atoms with Gasteiger partial charge in [-0.1, -0.05) is 20.3 Å². The highest BCUT2D eigenvalue weighted by molar-refractivity contribution is 4.51. The van der Waals surface area contributed by atoms with Crippen LogP contribution in [0.2, 0.25) is 0 Å². The molecule has 2 atom stereocenters. The minimum atomic E-state index is -0.0519. The first kappa shape index (κ1) is 11.9. The first-order chi connectivity index (χ1) is 5.74. The fraction of sp³-hybridized carbons (Fsp3) is 1.00. The molecule has 0 aliphatic carbocycles. The molecule has 74 valence electrons. The van der Waals surface area contributed by atoms with Gasteiger partial charge in [-0.25, -0.2) is 0 Å². The minimum Gasteiger partial charge on any atom is -0.356 e. The summed E-state index contributed by atoms with van der Waals surface area (Å²) < 4.78 is 10.6. The molecule has 2 N–H and O–H groups in total. The average Bonchev–Trinajstić information content (AvgIpc) is 2.11. The third-order valence-electron chi connectivity index (χ3n) is 1.76. The third kappa shape index (κ3) is 5.52. The van der Waals surface area contributed by atoms with Crippen molar-refractivity contribution in [1.82, 2.24) is 0 Å². The Hall–Kier alpha value is -0.120. The molecule has 0 aromatic heterocycles. The first-order valence-corrected chi connectivity index (χ1v) is 4.59. The second-order valence-electron chi connectivity index (χ2n) is 3.13. The summed E-state index contributed by atoms with van der Waals surface area (Å²) in [6.07, 6.45) is 1.98. The van der Waals surface area contributed by atoms with Gasteiger partial charge < -0.3 is 15.2 Å². The van der Waals surface area contributed by atoms with Crippen LogP contribution in [0.4, 0.5) is 0 Å². The highest BCUT2D eigenvalue weighted by atomic mass is 16.7. The van der Waals surface area contributed by atoms with E-state index in [-0.39, 0.29) is 6.29 Å². The lowest BCUT2D eigenvalue weighted by Gasteiger charge is -2.17. The molecule has 0 aliphatic rings. The van der Waals surface area contributed by atoms with Gasteiger partial charge in [0.05, 0.1) is 6.61 Å². The zero-order chi connectivity index (χ0) is 9.40. The third-order valence-corrected chi connectivity index (χ3v) is 1.76. The van der Waals surface area contributed by atoms with E-state index in [4.69, 9.17) is 15.2 Å². The van der Waals surface area contributed by atoms with E-state index in [1.165, 1.54) is 0 Å². The molecule has 3 heteroatoms. The van der Waals surface area contributed by atoms with E-state index in [9.17, 15) is 0 Å². The van der Waals surface area contributed by atoms with Crippen molar-refractivity contribution < 1.29 is 9.47 Å². The van der Waals surface area contributed by atoms with Crippen LogP contribution in [0.15, 0.2) is 0 Å². The molecule has 0 aromatic carbocycles. The van der Waals surface area contributed by atoms with E-state index < -0.39 is 0 Å². The van der Waals surface area contributed by atoms with Gasteiger partial charge in [0.2, 0.25) is 0 Å². The van der Waals surface area contributed by atoms with Crippen molar-refractivity contribution in [2.45, 2.75) is 33.0 Å². The minimum absolute atomic E-state index is 0.0519.